The van der Waals surface area contributed by atoms with Gasteiger partial charge in [0.2, 0.25) is 0 Å². The highest BCUT2D eigenvalue weighted by molar-refractivity contribution is 5.98. The van der Waals surface area contributed by atoms with Gasteiger partial charge >= 0.3 is 0 Å². The summed E-state index contributed by atoms with van der Waals surface area (Å²) in [6.45, 7) is 0. The second-order valence-corrected chi connectivity index (χ2v) is 2.44. The largest absolute Gasteiger partial charge is 0.383 e. The maximum atomic E-state index is 12.8. The summed E-state index contributed by atoms with van der Waals surface area (Å²) in [4.78, 5) is 13.9. The summed E-state index contributed by atoms with van der Waals surface area (Å²) in [6.07, 6.45) is -2.65. The number of carbonyl (C=O) groups excluding carboxylic acids is 1. The van der Waals surface area contributed by atoms with Crippen LogP contribution in [-0.2, 0) is 0 Å². The Balaban J connectivity index is 3.50. The zero-order valence-corrected chi connectivity index (χ0v) is 6.80. The maximum absolute atomic E-state index is 12.8. The van der Waals surface area contributed by atoms with Crippen LogP contribution in [0.3, 0.4) is 0 Å². The number of hydrogen-bond donors (Lipinski definition) is 2. The van der Waals surface area contributed by atoms with Gasteiger partial charge in [0.15, 0.2) is 5.82 Å². The Morgan fingerprint density at radius 2 is 2.07 bits per heavy atom. The van der Waals surface area contributed by atoms with Crippen LogP contribution in [0.25, 0.3) is 0 Å². The quantitative estimate of drug-likeness (QED) is 0.750. The van der Waals surface area contributed by atoms with E-state index in [1.807, 2.05) is 0 Å². The molecule has 0 unspecified atom stereocenters. The number of amides is 1. The van der Waals surface area contributed by atoms with Gasteiger partial charge in [-0.1, -0.05) is 0 Å². The maximum Gasteiger partial charge on any atom is 0.267 e. The molecule has 0 atom stereocenters. The number of halogens is 3. The molecule has 4 N–H and O–H groups in total. The second kappa shape index (κ2) is 3.52. The summed E-state index contributed by atoms with van der Waals surface area (Å²) in [5.74, 6) is -3.04. The summed E-state index contributed by atoms with van der Waals surface area (Å²) in [6, 6.07) is 0. The third-order valence-corrected chi connectivity index (χ3v) is 1.56. The Hall–Kier alpha value is -1.79. The van der Waals surface area contributed by atoms with Gasteiger partial charge in [0, 0.05) is 0 Å². The van der Waals surface area contributed by atoms with Crippen molar-refractivity contribution in [2.24, 2.45) is 5.73 Å². The fourth-order valence-corrected chi connectivity index (χ4v) is 0.990. The van der Waals surface area contributed by atoms with E-state index in [1.54, 1.807) is 0 Å². The predicted molar refractivity (Wildman–Crippen MR) is 42.1 cm³/mol. The molecule has 14 heavy (non-hydrogen) atoms. The lowest BCUT2D eigenvalue weighted by Crippen LogP contribution is -2.18. The summed E-state index contributed by atoms with van der Waals surface area (Å²) in [7, 11) is 0. The first-order valence-electron chi connectivity index (χ1n) is 3.47. The lowest BCUT2D eigenvalue weighted by Gasteiger charge is -2.08. The predicted octanol–water partition coefficient (Wildman–Crippen LogP) is 0.839. The third-order valence-electron chi connectivity index (χ3n) is 1.56. The Kier molecular flexibility index (Phi) is 2.59. The van der Waals surface area contributed by atoms with Crippen molar-refractivity contribution in [1.82, 2.24) is 4.98 Å². The number of pyridine rings is 1. The normalized spacial score (nSPS) is 10.6. The Labute approximate surface area is 76.7 Å². The topological polar surface area (TPSA) is 82.0 Å². The fourth-order valence-electron chi connectivity index (χ4n) is 0.990. The number of nitrogen functional groups attached to an aromatic ring is 1. The van der Waals surface area contributed by atoms with E-state index in [0.717, 1.165) is 0 Å². The molecule has 7 heteroatoms. The molecular formula is C7H6F3N3O. The number of anilines is 1. The van der Waals surface area contributed by atoms with E-state index in [2.05, 4.69) is 4.98 Å². The zero-order valence-electron chi connectivity index (χ0n) is 6.80. The first kappa shape index (κ1) is 10.3. The first-order chi connectivity index (χ1) is 6.45. The molecule has 1 aromatic heterocycles. The summed E-state index contributed by atoms with van der Waals surface area (Å²) >= 11 is 0. The molecule has 76 valence electrons. The molecule has 0 spiro atoms. The highest BCUT2D eigenvalue weighted by Crippen LogP contribution is 2.27. The van der Waals surface area contributed by atoms with Crippen LogP contribution in [0.5, 0.6) is 0 Å². The van der Waals surface area contributed by atoms with Gasteiger partial charge in [-0.15, -0.1) is 0 Å². The Morgan fingerprint density at radius 3 is 2.43 bits per heavy atom. The van der Waals surface area contributed by atoms with E-state index in [-0.39, 0.29) is 0 Å². The Morgan fingerprint density at radius 1 is 1.50 bits per heavy atom. The number of primary amides is 1. The van der Waals surface area contributed by atoms with Crippen molar-refractivity contribution < 1.29 is 18.0 Å². The number of hydrogen-bond acceptors (Lipinski definition) is 3. The van der Waals surface area contributed by atoms with Crippen molar-refractivity contribution in [1.29, 1.82) is 0 Å². The minimum atomic E-state index is -3.16. The van der Waals surface area contributed by atoms with E-state index in [9.17, 15) is 18.0 Å². The monoisotopic (exact) mass is 205 g/mol. The minimum Gasteiger partial charge on any atom is -0.383 e. The lowest BCUT2D eigenvalue weighted by molar-refractivity contribution is 0.0983. The van der Waals surface area contributed by atoms with Crippen LogP contribution < -0.4 is 11.5 Å². The van der Waals surface area contributed by atoms with E-state index in [1.165, 1.54) is 0 Å². The van der Waals surface area contributed by atoms with Gasteiger partial charge in [-0.3, -0.25) is 4.79 Å². The SMILES string of the molecule is NC(=O)c1c(N)ncc(F)c1C(F)F. The number of nitrogens with zero attached hydrogens (tertiary/aromatic N) is 1. The molecule has 4 nitrogen and oxygen atoms in total. The average Bonchev–Trinajstić information content (AvgIpc) is 2.07. The fraction of sp³-hybridized carbons (Fsp3) is 0.143. The minimum absolute atomic E-state index is 0.505. The van der Waals surface area contributed by atoms with Gasteiger partial charge in [0.1, 0.15) is 5.82 Å². The molecule has 0 aliphatic carbocycles. The van der Waals surface area contributed by atoms with Crippen LogP contribution in [0, 0.1) is 5.82 Å². The van der Waals surface area contributed by atoms with E-state index >= 15 is 0 Å². The van der Waals surface area contributed by atoms with Crippen LogP contribution in [0.1, 0.15) is 22.3 Å². The highest BCUT2D eigenvalue weighted by Gasteiger charge is 2.24. The summed E-state index contributed by atoms with van der Waals surface area (Å²) in [5.41, 5.74) is 8.01. The molecular weight excluding hydrogens is 199 g/mol. The molecule has 0 saturated heterocycles. The van der Waals surface area contributed by atoms with Gasteiger partial charge in [-0.05, 0) is 0 Å². The third kappa shape index (κ3) is 1.61. The molecule has 0 bridgehead atoms. The van der Waals surface area contributed by atoms with Crippen LogP contribution in [0.2, 0.25) is 0 Å². The zero-order chi connectivity index (χ0) is 10.9. The van der Waals surface area contributed by atoms with Crippen molar-refractivity contribution in [3.63, 3.8) is 0 Å². The molecule has 1 amide bonds. The van der Waals surface area contributed by atoms with Crippen molar-refractivity contribution in [2.45, 2.75) is 6.43 Å². The molecule has 0 aliphatic rings. The molecule has 0 fully saturated rings. The number of nitrogens with two attached hydrogens (primary N) is 2. The van der Waals surface area contributed by atoms with E-state index < -0.39 is 35.1 Å². The van der Waals surface area contributed by atoms with E-state index in [4.69, 9.17) is 11.5 Å². The van der Waals surface area contributed by atoms with Crippen LogP contribution in [0.4, 0.5) is 19.0 Å². The number of aromatic nitrogens is 1. The summed E-state index contributed by atoms with van der Waals surface area (Å²) in [5, 5.41) is 0. The van der Waals surface area contributed by atoms with Crippen molar-refractivity contribution in [2.75, 3.05) is 5.73 Å². The van der Waals surface area contributed by atoms with Crippen LogP contribution in [0.15, 0.2) is 6.20 Å². The van der Waals surface area contributed by atoms with Gasteiger partial charge in [-0.2, -0.15) is 0 Å². The molecule has 0 radical (unpaired) electrons. The van der Waals surface area contributed by atoms with Crippen molar-refractivity contribution >= 4 is 11.7 Å². The van der Waals surface area contributed by atoms with Crippen LogP contribution >= 0.6 is 0 Å². The van der Waals surface area contributed by atoms with Gasteiger partial charge in [0.25, 0.3) is 12.3 Å². The number of carbonyl (C=O) groups is 1. The van der Waals surface area contributed by atoms with Gasteiger partial charge in [0.05, 0.1) is 17.3 Å². The van der Waals surface area contributed by atoms with Gasteiger partial charge < -0.3 is 11.5 Å². The molecule has 0 aliphatic heterocycles. The van der Waals surface area contributed by atoms with Crippen molar-refractivity contribution in [3.05, 3.63) is 23.1 Å². The number of rotatable bonds is 2. The average molecular weight is 205 g/mol. The number of alkyl halides is 2. The lowest BCUT2D eigenvalue weighted by atomic mass is 10.1. The smallest absolute Gasteiger partial charge is 0.267 e. The molecule has 0 aromatic carbocycles. The first-order valence-corrected chi connectivity index (χ1v) is 3.47. The van der Waals surface area contributed by atoms with Gasteiger partial charge in [-0.25, -0.2) is 18.2 Å². The van der Waals surface area contributed by atoms with Crippen LogP contribution in [-0.4, -0.2) is 10.9 Å². The summed E-state index contributed by atoms with van der Waals surface area (Å²) < 4.78 is 37.4. The van der Waals surface area contributed by atoms with Crippen molar-refractivity contribution in [3.8, 4) is 0 Å². The highest BCUT2D eigenvalue weighted by atomic mass is 19.3. The molecule has 1 heterocycles. The molecule has 1 aromatic rings. The standard InChI is InChI=1S/C7H6F3N3O/c8-2-1-13-6(11)4(7(12)14)3(2)5(9)10/h1,5H,(H2,11,13)(H2,12,14). The van der Waals surface area contributed by atoms with E-state index in [0.29, 0.717) is 6.20 Å². The Bertz CT molecular complexity index is 381. The molecule has 1 rings (SSSR count). The second-order valence-electron chi connectivity index (χ2n) is 2.44. The molecule has 0 saturated carbocycles.